The summed E-state index contributed by atoms with van der Waals surface area (Å²) >= 11 is 1.66. The minimum Gasteiger partial charge on any atom is -0.496 e. The Morgan fingerprint density at radius 2 is 1.89 bits per heavy atom. The van der Waals surface area contributed by atoms with E-state index in [1.807, 2.05) is 60.0 Å². The molecule has 0 saturated carbocycles. The van der Waals surface area contributed by atoms with Crippen LogP contribution < -0.4 is 10.2 Å². The minimum absolute atomic E-state index is 0.0923. The van der Waals surface area contributed by atoms with E-state index in [0.29, 0.717) is 12.1 Å². The van der Waals surface area contributed by atoms with Crippen LogP contribution in [-0.4, -0.2) is 22.8 Å². The maximum Gasteiger partial charge on any atom is 0.341 e. The number of carboxylic acid groups (broad SMARTS) is 1. The molecule has 1 aliphatic heterocycles. The number of para-hydroxylation sites is 2. The van der Waals surface area contributed by atoms with E-state index >= 15 is 0 Å². The molecule has 0 fully saturated rings. The number of aromatic nitrogens is 1. The lowest BCUT2D eigenvalue weighted by molar-refractivity contribution is 0.0693. The molecule has 2 heterocycles. The van der Waals surface area contributed by atoms with Crippen LogP contribution in [0.4, 0.5) is 0 Å². The van der Waals surface area contributed by atoms with Gasteiger partial charge in [-0.1, -0.05) is 30.3 Å². The van der Waals surface area contributed by atoms with E-state index in [4.69, 9.17) is 4.74 Å². The molecular formula is C22H19NO4S. The van der Waals surface area contributed by atoms with E-state index in [9.17, 15) is 14.7 Å². The molecule has 1 aliphatic rings. The normalized spacial score (nSPS) is 15.3. The monoisotopic (exact) mass is 393 g/mol. The average Bonchev–Trinajstić information content (AvgIpc) is 2.84. The van der Waals surface area contributed by atoms with E-state index < -0.39 is 11.4 Å². The molecule has 0 amide bonds. The van der Waals surface area contributed by atoms with Gasteiger partial charge in [0.1, 0.15) is 11.3 Å². The summed E-state index contributed by atoms with van der Waals surface area (Å²) in [6.07, 6.45) is 0.401. The molecule has 3 aromatic rings. The van der Waals surface area contributed by atoms with E-state index in [-0.39, 0.29) is 10.8 Å². The van der Waals surface area contributed by atoms with Crippen LogP contribution in [0.5, 0.6) is 5.75 Å². The fourth-order valence-corrected chi connectivity index (χ4v) is 5.08. The second kappa shape index (κ2) is 7.20. The summed E-state index contributed by atoms with van der Waals surface area (Å²) in [4.78, 5) is 25.5. The average molecular weight is 393 g/mol. The van der Waals surface area contributed by atoms with Crippen LogP contribution in [0.15, 0.2) is 64.3 Å². The van der Waals surface area contributed by atoms with E-state index in [0.717, 1.165) is 27.6 Å². The lowest BCUT2D eigenvalue weighted by Crippen LogP contribution is -2.24. The van der Waals surface area contributed by atoms with Crippen molar-refractivity contribution in [2.24, 2.45) is 0 Å². The van der Waals surface area contributed by atoms with Crippen LogP contribution in [0.25, 0.3) is 5.69 Å². The molecule has 1 atom stereocenters. The Bertz CT molecular complexity index is 1140. The van der Waals surface area contributed by atoms with Crippen molar-refractivity contribution in [3.05, 3.63) is 87.3 Å². The third-order valence-electron chi connectivity index (χ3n) is 4.95. The number of thioether (sulfide) groups is 1. The summed E-state index contributed by atoms with van der Waals surface area (Å²) in [7, 11) is 1.62. The Morgan fingerprint density at radius 3 is 2.64 bits per heavy atom. The van der Waals surface area contributed by atoms with Crippen molar-refractivity contribution in [1.29, 1.82) is 0 Å². The molecule has 0 radical (unpaired) electrons. The van der Waals surface area contributed by atoms with Gasteiger partial charge in [0, 0.05) is 39.6 Å². The first-order chi connectivity index (χ1) is 13.5. The minimum atomic E-state index is -1.20. The first kappa shape index (κ1) is 18.4. The Balaban J connectivity index is 2.03. The van der Waals surface area contributed by atoms with E-state index in [1.165, 1.54) is 6.07 Å². The van der Waals surface area contributed by atoms with E-state index in [2.05, 4.69) is 0 Å². The number of aromatic carboxylic acids is 1. The molecule has 142 valence electrons. The van der Waals surface area contributed by atoms with Gasteiger partial charge in [-0.25, -0.2) is 4.79 Å². The second-order valence-electron chi connectivity index (χ2n) is 6.63. The summed E-state index contributed by atoms with van der Waals surface area (Å²) in [5.74, 6) is -0.449. The molecule has 0 spiro atoms. The molecule has 0 saturated heterocycles. The summed E-state index contributed by atoms with van der Waals surface area (Å²) in [5.41, 5.74) is 2.48. The predicted molar refractivity (Wildman–Crippen MR) is 109 cm³/mol. The number of nitrogens with zero attached hydrogens (tertiary/aromatic N) is 1. The Labute approximate surface area is 166 Å². The number of benzene rings is 2. The van der Waals surface area contributed by atoms with Crippen LogP contribution in [0, 0.1) is 6.92 Å². The molecule has 0 unspecified atom stereocenters. The number of carboxylic acids is 1. The second-order valence-corrected chi connectivity index (χ2v) is 7.88. The smallest absolute Gasteiger partial charge is 0.341 e. The van der Waals surface area contributed by atoms with Gasteiger partial charge in [-0.15, -0.1) is 11.8 Å². The predicted octanol–water partition coefficient (Wildman–Crippen LogP) is 4.24. The topological polar surface area (TPSA) is 68.5 Å². The zero-order valence-electron chi connectivity index (χ0n) is 15.5. The van der Waals surface area contributed by atoms with Crippen LogP contribution in [0.1, 0.15) is 32.6 Å². The molecule has 5 nitrogen and oxygen atoms in total. The molecule has 28 heavy (non-hydrogen) atoms. The summed E-state index contributed by atoms with van der Waals surface area (Å²) < 4.78 is 7.45. The first-order valence-corrected chi connectivity index (χ1v) is 9.77. The largest absolute Gasteiger partial charge is 0.496 e. The van der Waals surface area contributed by atoms with Gasteiger partial charge in [0.2, 0.25) is 0 Å². The number of methoxy groups -OCH3 is 1. The number of hydrogen-bond donors (Lipinski definition) is 1. The molecule has 0 bridgehead atoms. The van der Waals surface area contributed by atoms with Crippen molar-refractivity contribution >= 4 is 17.7 Å². The van der Waals surface area contributed by atoms with Crippen molar-refractivity contribution in [3.8, 4) is 11.4 Å². The highest BCUT2D eigenvalue weighted by atomic mass is 32.2. The number of hydrogen-bond acceptors (Lipinski definition) is 4. The molecule has 1 aromatic heterocycles. The van der Waals surface area contributed by atoms with Gasteiger partial charge in [-0.3, -0.25) is 4.79 Å². The highest BCUT2D eigenvalue weighted by Crippen LogP contribution is 2.46. The molecule has 0 aliphatic carbocycles. The van der Waals surface area contributed by atoms with Gasteiger partial charge in [0.15, 0.2) is 5.43 Å². The van der Waals surface area contributed by atoms with Gasteiger partial charge in [0.25, 0.3) is 0 Å². The maximum atomic E-state index is 12.5. The zero-order chi connectivity index (χ0) is 19.8. The van der Waals surface area contributed by atoms with Crippen LogP contribution in [-0.2, 0) is 6.42 Å². The van der Waals surface area contributed by atoms with Gasteiger partial charge in [-0.2, -0.15) is 0 Å². The van der Waals surface area contributed by atoms with Crippen molar-refractivity contribution in [1.82, 2.24) is 4.57 Å². The number of fused-ring (bicyclic) bond motifs is 3. The molecule has 6 heteroatoms. The highest BCUT2D eigenvalue weighted by molar-refractivity contribution is 7.99. The lowest BCUT2D eigenvalue weighted by Gasteiger charge is -2.19. The summed E-state index contributed by atoms with van der Waals surface area (Å²) in [6.45, 7) is 1.83. The standard InChI is InChI=1S/C22H19NO4S/c1-13-11-17(24)21(22(25)26)16-12-20(14-7-3-5-9-18(14)27-2)28-19-10-6-4-8-15(19)23(13)16/h3-11,20H,12H2,1-2H3,(H,25,26)/t20-/m0/s1. The molecule has 1 N–H and O–H groups in total. The van der Waals surface area contributed by atoms with E-state index in [1.54, 1.807) is 18.9 Å². The Kier molecular flexibility index (Phi) is 4.73. The molecule has 4 rings (SSSR count). The van der Waals surface area contributed by atoms with Crippen LogP contribution >= 0.6 is 11.8 Å². The van der Waals surface area contributed by atoms with Gasteiger partial charge in [0.05, 0.1) is 12.8 Å². The fraction of sp³-hybridized carbons (Fsp3) is 0.182. The number of rotatable bonds is 3. The highest BCUT2D eigenvalue weighted by Gasteiger charge is 2.30. The van der Waals surface area contributed by atoms with Gasteiger partial charge >= 0.3 is 5.97 Å². The number of ether oxygens (including phenoxy) is 1. The first-order valence-electron chi connectivity index (χ1n) is 8.89. The van der Waals surface area contributed by atoms with Gasteiger partial charge in [-0.05, 0) is 25.1 Å². The SMILES string of the molecule is COc1ccccc1[C@@H]1Cc2c(C(=O)O)c(=O)cc(C)n2-c2ccccc2S1. The van der Waals surface area contributed by atoms with Gasteiger partial charge < -0.3 is 14.4 Å². The maximum absolute atomic E-state index is 12.5. The molecular weight excluding hydrogens is 374 g/mol. The fourth-order valence-electron chi connectivity index (χ4n) is 3.77. The molecule has 2 aromatic carbocycles. The van der Waals surface area contributed by atoms with Crippen LogP contribution in [0.2, 0.25) is 0 Å². The zero-order valence-corrected chi connectivity index (χ0v) is 16.3. The van der Waals surface area contributed by atoms with Crippen LogP contribution in [0.3, 0.4) is 0 Å². The summed E-state index contributed by atoms with van der Waals surface area (Å²) in [6, 6.07) is 17.0. The Hall–Kier alpha value is -2.99. The number of carbonyl (C=O) groups is 1. The lowest BCUT2D eigenvalue weighted by atomic mass is 10.0. The number of aryl methyl sites for hydroxylation is 1. The van der Waals surface area contributed by atoms with Crippen molar-refractivity contribution in [2.45, 2.75) is 23.5 Å². The number of pyridine rings is 1. The third kappa shape index (κ3) is 2.99. The Morgan fingerprint density at radius 1 is 1.18 bits per heavy atom. The third-order valence-corrected chi connectivity index (χ3v) is 6.26. The summed E-state index contributed by atoms with van der Waals surface area (Å²) in [5, 5.41) is 9.67. The quantitative estimate of drug-likeness (QED) is 0.721. The van der Waals surface area contributed by atoms with Crippen molar-refractivity contribution in [3.63, 3.8) is 0 Å². The van der Waals surface area contributed by atoms with Crippen molar-refractivity contribution in [2.75, 3.05) is 7.11 Å². The van der Waals surface area contributed by atoms with Crippen molar-refractivity contribution < 1.29 is 14.6 Å².